The maximum absolute atomic E-state index is 5.95. The van der Waals surface area contributed by atoms with E-state index in [4.69, 9.17) is 11.6 Å². The van der Waals surface area contributed by atoms with Crippen LogP contribution in [0.25, 0.3) is 0 Å². The van der Waals surface area contributed by atoms with Crippen molar-refractivity contribution in [1.82, 2.24) is 0 Å². The van der Waals surface area contributed by atoms with E-state index in [2.05, 4.69) is 11.8 Å². The van der Waals surface area contributed by atoms with E-state index in [-0.39, 0.29) is 0 Å². The van der Waals surface area contributed by atoms with Crippen molar-refractivity contribution in [2.45, 2.75) is 4.87 Å². The van der Waals surface area contributed by atoms with Crippen LogP contribution in [0, 0.1) is 11.8 Å². The molecule has 0 spiro atoms. The minimum absolute atomic E-state index is 0.485. The van der Waals surface area contributed by atoms with Crippen LogP contribution < -0.4 is 0 Å². The third-order valence-electron chi connectivity index (χ3n) is 1.52. The van der Waals surface area contributed by atoms with Crippen LogP contribution in [-0.2, 0) is 4.87 Å². The van der Waals surface area contributed by atoms with Gasteiger partial charge in [-0.2, -0.15) is 0 Å². The van der Waals surface area contributed by atoms with Crippen molar-refractivity contribution >= 4 is 11.6 Å². The van der Waals surface area contributed by atoms with Crippen LogP contribution >= 0.6 is 11.6 Å². The highest BCUT2D eigenvalue weighted by Crippen LogP contribution is 2.34. The average molecular weight is 149 g/mol. The highest BCUT2D eigenvalue weighted by molar-refractivity contribution is 6.31. The number of benzene rings is 1. The lowest BCUT2D eigenvalue weighted by atomic mass is 10.1. The second kappa shape index (κ2) is 1.78. The van der Waals surface area contributed by atoms with Gasteiger partial charge in [0.15, 0.2) is 4.87 Å². The molecule has 0 heterocycles. The third kappa shape index (κ3) is 0.798. The van der Waals surface area contributed by atoms with Gasteiger partial charge in [0, 0.05) is 0 Å². The summed E-state index contributed by atoms with van der Waals surface area (Å²) in [6, 6.07) is 9.83. The van der Waals surface area contributed by atoms with Gasteiger partial charge in [0.25, 0.3) is 0 Å². The molecule has 0 unspecified atom stereocenters. The number of hydrogen-bond acceptors (Lipinski definition) is 0. The predicted octanol–water partition coefficient (Wildman–Crippen LogP) is 2.14. The molecule has 0 saturated carbocycles. The van der Waals surface area contributed by atoms with E-state index in [1.165, 1.54) is 0 Å². The number of hydrogen-bond donors (Lipinski definition) is 0. The fraction of sp³-hybridized carbons (Fsp3) is 0.111. The molecule has 1 aromatic rings. The summed E-state index contributed by atoms with van der Waals surface area (Å²) < 4.78 is 0. The van der Waals surface area contributed by atoms with Crippen LogP contribution in [0.4, 0.5) is 0 Å². The first kappa shape index (κ1) is 5.82. The van der Waals surface area contributed by atoms with E-state index < -0.39 is 4.87 Å². The van der Waals surface area contributed by atoms with Crippen molar-refractivity contribution < 1.29 is 0 Å². The van der Waals surface area contributed by atoms with Crippen LogP contribution in [0.2, 0.25) is 0 Å². The Balaban J connectivity index is 2.36. The smallest absolute Gasteiger partial charge is 0.0851 e. The minimum atomic E-state index is -0.485. The molecule has 0 amide bonds. The molecule has 0 N–H and O–H groups in total. The van der Waals surface area contributed by atoms with Crippen molar-refractivity contribution in [2.24, 2.45) is 0 Å². The van der Waals surface area contributed by atoms with E-state index in [0.717, 1.165) is 5.56 Å². The molecular weight excluding hydrogens is 144 g/mol. The molecule has 0 bridgehead atoms. The van der Waals surface area contributed by atoms with E-state index in [1.54, 1.807) is 0 Å². The second-order valence-electron chi connectivity index (χ2n) is 2.27. The zero-order valence-electron chi connectivity index (χ0n) is 5.26. The quantitative estimate of drug-likeness (QED) is 0.423. The van der Waals surface area contributed by atoms with Gasteiger partial charge >= 0.3 is 0 Å². The molecule has 10 heavy (non-hydrogen) atoms. The van der Waals surface area contributed by atoms with Crippen molar-refractivity contribution in [3.63, 3.8) is 0 Å². The van der Waals surface area contributed by atoms with Crippen LogP contribution in [0.15, 0.2) is 30.3 Å². The van der Waals surface area contributed by atoms with E-state index >= 15 is 0 Å². The lowest BCUT2D eigenvalue weighted by Gasteiger charge is -2.02. The number of rotatable bonds is 1. The first-order valence-electron chi connectivity index (χ1n) is 3.10. The van der Waals surface area contributed by atoms with Crippen LogP contribution in [0.1, 0.15) is 5.56 Å². The van der Waals surface area contributed by atoms with Gasteiger partial charge in [0.1, 0.15) is 0 Å². The molecule has 0 atom stereocenters. The molecule has 0 aromatic heterocycles. The van der Waals surface area contributed by atoms with Gasteiger partial charge in [-0.3, -0.25) is 0 Å². The Kier molecular flexibility index (Phi) is 1.03. The maximum atomic E-state index is 5.95. The fourth-order valence-corrected chi connectivity index (χ4v) is 1.04. The Bertz CT molecular complexity index is 294. The fourth-order valence-electron chi connectivity index (χ4n) is 0.867. The number of alkyl halides is 1. The standard InChI is InChI=1S/C9H5Cl/c10-9(6-7-9)8-4-2-1-3-5-8/h1-5H. The predicted molar refractivity (Wildman–Crippen MR) is 41.7 cm³/mol. The van der Waals surface area contributed by atoms with Gasteiger partial charge in [-0.25, -0.2) is 0 Å². The third-order valence-corrected chi connectivity index (χ3v) is 1.92. The zero-order chi connectivity index (χ0) is 7.03. The van der Waals surface area contributed by atoms with Crippen LogP contribution in [0.5, 0.6) is 0 Å². The van der Waals surface area contributed by atoms with Gasteiger partial charge in [-0.15, -0.1) is 0 Å². The Morgan fingerprint density at radius 2 is 1.70 bits per heavy atom. The van der Waals surface area contributed by atoms with E-state index in [0.29, 0.717) is 0 Å². The Morgan fingerprint density at radius 1 is 1.10 bits per heavy atom. The van der Waals surface area contributed by atoms with Crippen molar-refractivity contribution in [1.29, 1.82) is 0 Å². The summed E-state index contributed by atoms with van der Waals surface area (Å²) in [5.41, 5.74) is 1.05. The lowest BCUT2D eigenvalue weighted by Crippen LogP contribution is -1.99. The first-order chi connectivity index (χ1) is 4.81. The van der Waals surface area contributed by atoms with Crippen molar-refractivity contribution in [3.05, 3.63) is 35.9 Å². The molecule has 1 aliphatic carbocycles. The van der Waals surface area contributed by atoms with Gasteiger partial charge < -0.3 is 0 Å². The van der Waals surface area contributed by atoms with Gasteiger partial charge in [-0.1, -0.05) is 53.8 Å². The van der Waals surface area contributed by atoms with Crippen LogP contribution in [0.3, 0.4) is 0 Å². The summed E-state index contributed by atoms with van der Waals surface area (Å²) in [6.07, 6.45) is 0. The number of halogens is 1. The molecule has 0 radical (unpaired) electrons. The molecule has 2 rings (SSSR count). The van der Waals surface area contributed by atoms with Crippen LogP contribution in [-0.4, -0.2) is 0 Å². The molecule has 0 aliphatic heterocycles. The summed E-state index contributed by atoms with van der Waals surface area (Å²) in [5, 5.41) is 0. The monoisotopic (exact) mass is 148 g/mol. The van der Waals surface area contributed by atoms with Crippen molar-refractivity contribution in [3.8, 4) is 11.8 Å². The minimum Gasteiger partial charge on any atom is -0.0851 e. The highest BCUT2D eigenvalue weighted by Gasteiger charge is 2.32. The maximum Gasteiger partial charge on any atom is 0.190 e. The molecule has 48 valence electrons. The summed E-state index contributed by atoms with van der Waals surface area (Å²) >= 11 is 5.95. The lowest BCUT2D eigenvalue weighted by molar-refractivity contribution is 1.15. The first-order valence-corrected chi connectivity index (χ1v) is 3.48. The highest BCUT2D eigenvalue weighted by atomic mass is 35.5. The molecule has 0 saturated heterocycles. The summed E-state index contributed by atoms with van der Waals surface area (Å²) in [5.74, 6) is 5.68. The largest absolute Gasteiger partial charge is 0.190 e. The molecule has 1 aliphatic rings. The normalized spacial score (nSPS) is 17.3. The molecule has 0 fully saturated rings. The van der Waals surface area contributed by atoms with Gasteiger partial charge in [-0.05, 0) is 5.56 Å². The zero-order valence-corrected chi connectivity index (χ0v) is 6.02. The molecular formula is C9H5Cl. The second-order valence-corrected chi connectivity index (χ2v) is 2.84. The van der Waals surface area contributed by atoms with E-state index in [1.807, 2.05) is 30.3 Å². The Labute approximate surface area is 64.8 Å². The SMILES string of the molecule is ClC1(c2ccccc2)C#C1. The molecule has 0 nitrogen and oxygen atoms in total. The van der Waals surface area contributed by atoms with Gasteiger partial charge in [0.2, 0.25) is 0 Å². The topological polar surface area (TPSA) is 0 Å². The van der Waals surface area contributed by atoms with Crippen molar-refractivity contribution in [2.75, 3.05) is 0 Å². The summed E-state index contributed by atoms with van der Waals surface area (Å²) in [4.78, 5) is -0.485. The van der Waals surface area contributed by atoms with E-state index in [9.17, 15) is 0 Å². The summed E-state index contributed by atoms with van der Waals surface area (Å²) in [7, 11) is 0. The molecule has 1 aromatic carbocycles. The summed E-state index contributed by atoms with van der Waals surface area (Å²) in [6.45, 7) is 0. The Hall–Kier alpha value is -0.930. The average Bonchev–Trinajstić information content (AvgIpc) is 2.72. The Morgan fingerprint density at radius 3 is 2.20 bits per heavy atom. The van der Waals surface area contributed by atoms with Gasteiger partial charge in [0.05, 0.1) is 0 Å². The molecule has 1 heteroatoms.